The van der Waals surface area contributed by atoms with Gasteiger partial charge in [0, 0.05) is 17.2 Å². The minimum atomic E-state index is -0.456. The third-order valence-corrected chi connectivity index (χ3v) is 3.95. The minimum absolute atomic E-state index is 0.197. The molecule has 24 heavy (non-hydrogen) atoms. The normalized spacial score (nSPS) is 11.2. The summed E-state index contributed by atoms with van der Waals surface area (Å²) in [5, 5.41) is 0. The summed E-state index contributed by atoms with van der Waals surface area (Å²) in [7, 11) is 0. The molecule has 3 rings (SSSR count). The van der Waals surface area contributed by atoms with E-state index < -0.39 is 5.97 Å². The first kappa shape index (κ1) is 16.2. The first-order chi connectivity index (χ1) is 11.5. The van der Waals surface area contributed by atoms with Gasteiger partial charge in [-0.3, -0.25) is 0 Å². The molecule has 1 aromatic carbocycles. The van der Waals surface area contributed by atoms with Gasteiger partial charge in [0.25, 0.3) is 0 Å². The number of pyridine rings is 1. The van der Waals surface area contributed by atoms with Crippen molar-refractivity contribution in [3.8, 4) is 11.3 Å². The number of nitrogens with zero attached hydrogens (tertiary/aromatic N) is 1. The van der Waals surface area contributed by atoms with Crippen LogP contribution in [-0.2, 0) is 4.74 Å². The van der Waals surface area contributed by atoms with Crippen molar-refractivity contribution in [2.75, 3.05) is 6.61 Å². The molecular formula is C20H21NO3. The molecule has 0 saturated carbocycles. The quantitative estimate of drug-likeness (QED) is 0.627. The molecule has 0 aliphatic heterocycles. The van der Waals surface area contributed by atoms with E-state index in [4.69, 9.17) is 9.15 Å². The van der Waals surface area contributed by atoms with E-state index >= 15 is 0 Å². The third-order valence-electron chi connectivity index (χ3n) is 3.95. The van der Waals surface area contributed by atoms with E-state index in [1.165, 1.54) is 5.56 Å². The monoisotopic (exact) mass is 323 g/mol. The maximum Gasteiger partial charge on any atom is 0.374 e. The number of hydrogen-bond acceptors (Lipinski definition) is 4. The van der Waals surface area contributed by atoms with Crippen molar-refractivity contribution < 1.29 is 13.9 Å². The van der Waals surface area contributed by atoms with Crippen LogP contribution in [0.4, 0.5) is 0 Å². The van der Waals surface area contributed by atoms with Crippen LogP contribution in [0.25, 0.3) is 22.4 Å². The number of rotatable bonds is 4. The van der Waals surface area contributed by atoms with Crippen LogP contribution in [0, 0.1) is 6.92 Å². The van der Waals surface area contributed by atoms with Crippen molar-refractivity contribution in [3.05, 3.63) is 53.3 Å². The number of furan rings is 1. The molecule has 0 aliphatic rings. The fourth-order valence-electron chi connectivity index (χ4n) is 2.65. The zero-order valence-electron chi connectivity index (χ0n) is 14.4. The Bertz CT molecular complexity index is 876. The maximum atomic E-state index is 11.9. The van der Waals surface area contributed by atoms with Gasteiger partial charge in [-0.1, -0.05) is 43.7 Å². The SMILES string of the molecule is CCOC(=O)c1cc2nc(-c3ccc(C)cc3)cc(C(C)C)c2o1. The van der Waals surface area contributed by atoms with E-state index in [9.17, 15) is 4.79 Å². The van der Waals surface area contributed by atoms with Crippen molar-refractivity contribution in [2.45, 2.75) is 33.6 Å². The lowest BCUT2D eigenvalue weighted by Gasteiger charge is -2.09. The molecule has 0 N–H and O–H groups in total. The number of ether oxygens (including phenoxy) is 1. The second kappa shape index (κ2) is 6.48. The second-order valence-corrected chi connectivity index (χ2v) is 6.16. The van der Waals surface area contributed by atoms with Gasteiger partial charge < -0.3 is 9.15 Å². The molecule has 0 spiro atoms. The van der Waals surface area contributed by atoms with E-state index in [0.29, 0.717) is 17.7 Å². The highest BCUT2D eigenvalue weighted by atomic mass is 16.5. The smallest absolute Gasteiger partial charge is 0.374 e. The predicted octanol–water partition coefficient (Wildman–Crippen LogP) is 5.10. The van der Waals surface area contributed by atoms with Gasteiger partial charge in [0.15, 0.2) is 5.58 Å². The van der Waals surface area contributed by atoms with Crippen molar-refractivity contribution in [2.24, 2.45) is 0 Å². The standard InChI is InChI=1S/C20H21NO3/c1-5-23-20(22)18-11-17-19(24-18)15(12(2)3)10-16(21-17)14-8-6-13(4)7-9-14/h6-12H,5H2,1-4H3. The van der Waals surface area contributed by atoms with E-state index in [0.717, 1.165) is 16.8 Å². The minimum Gasteiger partial charge on any atom is -0.460 e. The molecule has 0 radical (unpaired) electrons. The Morgan fingerprint density at radius 1 is 1.21 bits per heavy atom. The van der Waals surface area contributed by atoms with Crippen LogP contribution in [0.3, 0.4) is 0 Å². The zero-order valence-corrected chi connectivity index (χ0v) is 14.4. The number of benzene rings is 1. The van der Waals surface area contributed by atoms with Crippen LogP contribution < -0.4 is 0 Å². The number of carbonyl (C=O) groups excluding carboxylic acids is 1. The maximum absolute atomic E-state index is 11.9. The predicted molar refractivity (Wildman–Crippen MR) is 94.2 cm³/mol. The largest absolute Gasteiger partial charge is 0.460 e. The van der Waals surface area contributed by atoms with E-state index in [1.807, 2.05) is 6.07 Å². The summed E-state index contributed by atoms with van der Waals surface area (Å²) in [5.74, 6) is -0.00899. The summed E-state index contributed by atoms with van der Waals surface area (Å²) in [6, 6.07) is 11.9. The Hall–Kier alpha value is -2.62. The van der Waals surface area contributed by atoms with Gasteiger partial charge in [-0.25, -0.2) is 9.78 Å². The van der Waals surface area contributed by atoms with Gasteiger partial charge in [-0.05, 0) is 25.8 Å². The highest BCUT2D eigenvalue weighted by Crippen LogP contribution is 2.31. The van der Waals surface area contributed by atoms with Crippen molar-refractivity contribution in [1.82, 2.24) is 4.98 Å². The van der Waals surface area contributed by atoms with Crippen molar-refractivity contribution in [1.29, 1.82) is 0 Å². The van der Waals surface area contributed by atoms with Gasteiger partial charge in [-0.15, -0.1) is 0 Å². The molecule has 0 unspecified atom stereocenters. The first-order valence-electron chi connectivity index (χ1n) is 8.18. The fourth-order valence-corrected chi connectivity index (χ4v) is 2.65. The summed E-state index contributed by atoms with van der Waals surface area (Å²) in [6.45, 7) is 8.34. The van der Waals surface area contributed by atoms with Crippen LogP contribution in [0.1, 0.15) is 48.4 Å². The molecule has 0 bridgehead atoms. The molecule has 0 fully saturated rings. The summed E-state index contributed by atoms with van der Waals surface area (Å²) < 4.78 is 10.8. The second-order valence-electron chi connectivity index (χ2n) is 6.16. The lowest BCUT2D eigenvalue weighted by Crippen LogP contribution is -2.02. The number of fused-ring (bicyclic) bond motifs is 1. The molecule has 0 aliphatic carbocycles. The summed E-state index contributed by atoms with van der Waals surface area (Å²) in [6.07, 6.45) is 0. The number of hydrogen-bond donors (Lipinski definition) is 0. The summed E-state index contributed by atoms with van der Waals surface area (Å²) >= 11 is 0. The zero-order chi connectivity index (χ0) is 17.3. The topological polar surface area (TPSA) is 52.3 Å². The molecule has 4 nitrogen and oxygen atoms in total. The Balaban J connectivity index is 2.15. The Labute approximate surface area is 141 Å². The Morgan fingerprint density at radius 2 is 1.92 bits per heavy atom. The molecule has 0 saturated heterocycles. The van der Waals surface area contributed by atoms with Crippen LogP contribution in [0.5, 0.6) is 0 Å². The Kier molecular flexibility index (Phi) is 4.38. The van der Waals surface area contributed by atoms with E-state index in [-0.39, 0.29) is 11.7 Å². The molecule has 0 amide bonds. The highest BCUT2D eigenvalue weighted by molar-refractivity contribution is 5.93. The molecule has 2 heterocycles. The molecule has 0 atom stereocenters. The van der Waals surface area contributed by atoms with Crippen LogP contribution >= 0.6 is 0 Å². The summed E-state index contributed by atoms with van der Waals surface area (Å²) in [5.41, 5.74) is 5.50. The van der Waals surface area contributed by atoms with E-state index in [1.54, 1.807) is 13.0 Å². The van der Waals surface area contributed by atoms with Crippen LogP contribution in [0.15, 0.2) is 40.8 Å². The number of aryl methyl sites for hydroxylation is 1. The van der Waals surface area contributed by atoms with Crippen molar-refractivity contribution >= 4 is 17.1 Å². The van der Waals surface area contributed by atoms with Crippen LogP contribution in [-0.4, -0.2) is 17.6 Å². The average molecular weight is 323 g/mol. The highest BCUT2D eigenvalue weighted by Gasteiger charge is 2.19. The van der Waals surface area contributed by atoms with Gasteiger partial charge in [0.1, 0.15) is 5.52 Å². The van der Waals surface area contributed by atoms with Gasteiger partial charge in [0.05, 0.1) is 12.3 Å². The molecular weight excluding hydrogens is 302 g/mol. The molecule has 124 valence electrons. The molecule has 2 aromatic heterocycles. The van der Waals surface area contributed by atoms with Gasteiger partial charge in [-0.2, -0.15) is 0 Å². The lowest BCUT2D eigenvalue weighted by molar-refractivity contribution is 0.0492. The lowest BCUT2D eigenvalue weighted by atomic mass is 10.00. The first-order valence-corrected chi connectivity index (χ1v) is 8.18. The number of esters is 1. The van der Waals surface area contributed by atoms with E-state index in [2.05, 4.69) is 50.0 Å². The van der Waals surface area contributed by atoms with Gasteiger partial charge >= 0.3 is 5.97 Å². The third kappa shape index (κ3) is 3.04. The van der Waals surface area contributed by atoms with Crippen LogP contribution in [0.2, 0.25) is 0 Å². The summed E-state index contributed by atoms with van der Waals surface area (Å²) in [4.78, 5) is 16.6. The molecule has 3 aromatic rings. The Morgan fingerprint density at radius 3 is 2.54 bits per heavy atom. The van der Waals surface area contributed by atoms with Crippen molar-refractivity contribution in [3.63, 3.8) is 0 Å². The van der Waals surface area contributed by atoms with Gasteiger partial charge in [0.2, 0.25) is 5.76 Å². The average Bonchev–Trinajstić information content (AvgIpc) is 2.98. The number of aromatic nitrogens is 1. The number of carbonyl (C=O) groups is 1. The molecule has 4 heteroatoms. The fraction of sp³-hybridized carbons (Fsp3) is 0.300.